The van der Waals surface area contributed by atoms with Gasteiger partial charge in [0.05, 0.1) is 13.7 Å². The summed E-state index contributed by atoms with van der Waals surface area (Å²) in [5, 5.41) is 0. The zero-order chi connectivity index (χ0) is 11.4. The molecule has 17 heavy (non-hydrogen) atoms. The topological polar surface area (TPSA) is 53.1 Å². The van der Waals surface area contributed by atoms with Crippen LogP contribution in [0.3, 0.4) is 0 Å². The lowest BCUT2D eigenvalue weighted by atomic mass is 10.2. The Morgan fingerprint density at radius 2 is 2.24 bits per heavy atom. The Balaban J connectivity index is 0.00000144. The maximum atomic E-state index is 5.60. The molecule has 0 aliphatic rings. The summed E-state index contributed by atoms with van der Waals surface area (Å²) in [7, 11) is 1.67. The average Bonchev–Trinajstić information content (AvgIpc) is 2.76. The fraction of sp³-hybridized carbons (Fsp3) is 0.250. The van der Waals surface area contributed by atoms with Gasteiger partial charge >= 0.3 is 0 Å². The highest BCUT2D eigenvalue weighted by Crippen LogP contribution is 2.14. The highest BCUT2D eigenvalue weighted by molar-refractivity contribution is 5.85. The van der Waals surface area contributed by atoms with Gasteiger partial charge in [-0.3, -0.25) is 0 Å². The zero-order valence-corrected chi connectivity index (χ0v) is 10.5. The summed E-state index contributed by atoms with van der Waals surface area (Å²) in [4.78, 5) is 4.18. The molecule has 0 unspecified atom stereocenters. The molecule has 0 saturated heterocycles. The van der Waals surface area contributed by atoms with Crippen LogP contribution in [0.15, 0.2) is 36.7 Å². The van der Waals surface area contributed by atoms with E-state index in [0.29, 0.717) is 6.54 Å². The summed E-state index contributed by atoms with van der Waals surface area (Å²) in [5.41, 5.74) is 6.77. The molecule has 0 radical (unpaired) electrons. The Hall–Kier alpha value is -1.52. The smallest absolute Gasteiger partial charge is 0.122 e. The molecule has 2 rings (SSSR count). The Morgan fingerprint density at radius 3 is 2.94 bits per heavy atom. The van der Waals surface area contributed by atoms with Gasteiger partial charge in [-0.2, -0.15) is 0 Å². The summed E-state index contributed by atoms with van der Waals surface area (Å²) in [6.07, 6.45) is 3.70. The van der Waals surface area contributed by atoms with Crippen LogP contribution in [0.1, 0.15) is 11.4 Å². The van der Waals surface area contributed by atoms with Gasteiger partial charge in [-0.1, -0.05) is 12.1 Å². The monoisotopic (exact) mass is 253 g/mol. The molecule has 1 aromatic carbocycles. The van der Waals surface area contributed by atoms with E-state index in [1.807, 2.05) is 29.0 Å². The first kappa shape index (κ1) is 13.5. The molecule has 1 aromatic heterocycles. The predicted octanol–water partition coefficient (Wildman–Crippen LogP) is 1.82. The van der Waals surface area contributed by atoms with E-state index in [1.165, 1.54) is 5.56 Å². The van der Waals surface area contributed by atoms with Crippen LogP contribution < -0.4 is 10.5 Å². The molecule has 0 amide bonds. The number of methoxy groups -OCH3 is 1. The van der Waals surface area contributed by atoms with Crippen LogP contribution in [0, 0.1) is 0 Å². The molecule has 0 aliphatic heterocycles. The Bertz CT molecular complexity index is 470. The van der Waals surface area contributed by atoms with Crippen molar-refractivity contribution in [3.05, 3.63) is 48.0 Å². The van der Waals surface area contributed by atoms with E-state index in [-0.39, 0.29) is 12.4 Å². The first-order valence-corrected chi connectivity index (χ1v) is 5.16. The molecule has 5 heteroatoms. The number of benzene rings is 1. The van der Waals surface area contributed by atoms with Crippen molar-refractivity contribution >= 4 is 12.4 Å². The fourth-order valence-corrected chi connectivity index (χ4v) is 1.64. The van der Waals surface area contributed by atoms with Gasteiger partial charge in [0, 0.05) is 18.9 Å². The van der Waals surface area contributed by atoms with Gasteiger partial charge in [-0.05, 0) is 17.7 Å². The van der Waals surface area contributed by atoms with Crippen molar-refractivity contribution in [2.45, 2.75) is 13.1 Å². The second-order valence-corrected chi connectivity index (χ2v) is 3.53. The van der Waals surface area contributed by atoms with Crippen molar-refractivity contribution in [2.75, 3.05) is 7.11 Å². The first-order valence-electron chi connectivity index (χ1n) is 5.16. The van der Waals surface area contributed by atoms with Gasteiger partial charge in [0.25, 0.3) is 0 Å². The van der Waals surface area contributed by atoms with E-state index in [9.17, 15) is 0 Å². The lowest BCUT2D eigenvalue weighted by molar-refractivity contribution is 0.414. The number of hydrogen-bond donors (Lipinski definition) is 1. The molecule has 0 fully saturated rings. The Morgan fingerprint density at radius 1 is 1.41 bits per heavy atom. The minimum Gasteiger partial charge on any atom is -0.497 e. The van der Waals surface area contributed by atoms with Crippen LogP contribution in [0.2, 0.25) is 0 Å². The van der Waals surface area contributed by atoms with Crippen LogP contribution in [0.4, 0.5) is 0 Å². The lowest BCUT2D eigenvalue weighted by Crippen LogP contribution is -2.08. The number of ether oxygens (including phenoxy) is 1. The first-order chi connectivity index (χ1) is 7.83. The number of hydrogen-bond acceptors (Lipinski definition) is 3. The van der Waals surface area contributed by atoms with Crippen molar-refractivity contribution in [2.24, 2.45) is 5.73 Å². The third-order valence-electron chi connectivity index (χ3n) is 2.47. The maximum Gasteiger partial charge on any atom is 0.122 e. The molecule has 0 saturated carbocycles. The molecular weight excluding hydrogens is 238 g/mol. The Kier molecular flexibility index (Phi) is 5.00. The molecule has 2 N–H and O–H groups in total. The fourth-order valence-electron chi connectivity index (χ4n) is 1.64. The molecular formula is C12H16ClN3O. The number of rotatable bonds is 4. The molecule has 2 aromatic rings. The third-order valence-corrected chi connectivity index (χ3v) is 2.47. The van der Waals surface area contributed by atoms with E-state index in [4.69, 9.17) is 10.5 Å². The molecule has 0 spiro atoms. The molecule has 1 heterocycles. The highest BCUT2D eigenvalue weighted by Gasteiger charge is 2.02. The summed E-state index contributed by atoms with van der Waals surface area (Å²) in [6.45, 7) is 1.22. The molecule has 4 nitrogen and oxygen atoms in total. The molecule has 0 bridgehead atoms. The summed E-state index contributed by atoms with van der Waals surface area (Å²) in [5.74, 6) is 1.76. The van der Waals surface area contributed by atoms with Gasteiger partial charge in [0.1, 0.15) is 11.6 Å². The summed E-state index contributed by atoms with van der Waals surface area (Å²) >= 11 is 0. The third kappa shape index (κ3) is 3.22. The quantitative estimate of drug-likeness (QED) is 0.904. The summed E-state index contributed by atoms with van der Waals surface area (Å²) in [6, 6.07) is 7.98. The van der Waals surface area contributed by atoms with Crippen LogP contribution in [-0.2, 0) is 13.1 Å². The highest BCUT2D eigenvalue weighted by atomic mass is 35.5. The van der Waals surface area contributed by atoms with Crippen LogP contribution in [0.25, 0.3) is 0 Å². The standard InChI is InChI=1S/C12H15N3O.ClH/c1-16-11-4-2-3-10(7-11)9-15-6-5-14-12(15)8-13;/h2-7H,8-9,13H2,1H3;1H. The zero-order valence-electron chi connectivity index (χ0n) is 9.67. The number of nitrogens with two attached hydrogens (primary N) is 1. The van der Waals surface area contributed by atoms with Crippen LogP contribution in [0.5, 0.6) is 5.75 Å². The van der Waals surface area contributed by atoms with Gasteiger partial charge < -0.3 is 15.0 Å². The second-order valence-electron chi connectivity index (χ2n) is 3.53. The van der Waals surface area contributed by atoms with Crippen LogP contribution in [-0.4, -0.2) is 16.7 Å². The van der Waals surface area contributed by atoms with Crippen molar-refractivity contribution in [1.29, 1.82) is 0 Å². The molecule has 92 valence electrons. The van der Waals surface area contributed by atoms with E-state index >= 15 is 0 Å². The maximum absolute atomic E-state index is 5.60. The van der Waals surface area contributed by atoms with Crippen molar-refractivity contribution in [1.82, 2.24) is 9.55 Å². The molecule has 0 aliphatic carbocycles. The predicted molar refractivity (Wildman–Crippen MR) is 69.5 cm³/mol. The minimum absolute atomic E-state index is 0. The van der Waals surface area contributed by atoms with E-state index in [1.54, 1.807) is 13.3 Å². The largest absolute Gasteiger partial charge is 0.497 e. The summed E-state index contributed by atoms with van der Waals surface area (Å²) < 4.78 is 7.22. The van der Waals surface area contributed by atoms with E-state index in [0.717, 1.165) is 18.1 Å². The van der Waals surface area contributed by atoms with Crippen molar-refractivity contribution < 1.29 is 4.74 Å². The number of nitrogens with zero attached hydrogens (tertiary/aromatic N) is 2. The number of aromatic nitrogens is 2. The minimum atomic E-state index is 0. The van der Waals surface area contributed by atoms with Crippen LogP contribution >= 0.6 is 12.4 Å². The van der Waals surface area contributed by atoms with Crippen molar-refractivity contribution in [3.8, 4) is 5.75 Å². The van der Waals surface area contributed by atoms with E-state index in [2.05, 4.69) is 11.1 Å². The normalized spacial score (nSPS) is 9.76. The number of halogens is 1. The second kappa shape index (κ2) is 6.27. The van der Waals surface area contributed by atoms with Gasteiger partial charge in [0.15, 0.2) is 0 Å². The van der Waals surface area contributed by atoms with E-state index < -0.39 is 0 Å². The number of imidazole rings is 1. The van der Waals surface area contributed by atoms with Gasteiger partial charge in [0.2, 0.25) is 0 Å². The Labute approximate surface area is 107 Å². The van der Waals surface area contributed by atoms with Crippen molar-refractivity contribution in [3.63, 3.8) is 0 Å². The average molecular weight is 254 g/mol. The SMILES string of the molecule is COc1cccc(Cn2ccnc2CN)c1.Cl. The van der Waals surface area contributed by atoms with Gasteiger partial charge in [-0.15, -0.1) is 12.4 Å². The molecule has 0 atom stereocenters. The van der Waals surface area contributed by atoms with Gasteiger partial charge in [-0.25, -0.2) is 4.98 Å². The lowest BCUT2D eigenvalue weighted by Gasteiger charge is -2.07.